The van der Waals surface area contributed by atoms with Crippen molar-refractivity contribution in [1.82, 2.24) is 0 Å². The predicted octanol–water partition coefficient (Wildman–Crippen LogP) is 6.77. The second kappa shape index (κ2) is 12.6. The number of benzene rings is 4. The molecule has 0 unspecified atom stereocenters. The van der Waals surface area contributed by atoms with E-state index in [1.165, 1.54) is 0 Å². The molecule has 4 heteroatoms. The molecule has 0 aliphatic heterocycles. The Kier molecular flexibility index (Phi) is 8.56. The van der Waals surface area contributed by atoms with Gasteiger partial charge in [0, 0.05) is 28.2 Å². The Morgan fingerprint density at radius 2 is 0.625 bits per heavy atom. The molecule has 0 spiro atoms. The van der Waals surface area contributed by atoms with Crippen LogP contribution in [-0.4, -0.2) is 23.1 Å². The molecule has 1 saturated carbocycles. The molecular weight excluding hydrogens is 496 g/mol. The number of rotatable bonds is 11. The van der Waals surface area contributed by atoms with Gasteiger partial charge >= 0.3 is 0 Å². The molecule has 4 aromatic carbocycles. The van der Waals surface area contributed by atoms with Crippen LogP contribution in [0.5, 0.6) is 0 Å². The highest BCUT2D eigenvalue weighted by atomic mass is 16.2. The second-order valence-corrected chi connectivity index (χ2v) is 9.62. The maximum absolute atomic E-state index is 14.3. The van der Waals surface area contributed by atoms with E-state index in [4.69, 9.17) is 0 Å². The van der Waals surface area contributed by atoms with Gasteiger partial charge in [0.1, 0.15) is 0 Å². The molecule has 0 aromatic heterocycles. The molecule has 195 valence electrons. The Balaban J connectivity index is 1.71. The van der Waals surface area contributed by atoms with Gasteiger partial charge in [-0.25, -0.2) is 0 Å². The number of carbonyl (C=O) groups is 4. The standard InChI is InChI=1S/C36H27O4/c37-33(26-17-5-1-6-18-26)31(34(38)27-19-7-2-8-20-27)30(25-15-13-14-16-25)32(35(39)28-21-9-3-10-22-28)36(40)29-23-11-4-12-24-29/h1-24,30-32H. The van der Waals surface area contributed by atoms with Crippen LogP contribution >= 0.6 is 0 Å². The third-order valence-corrected chi connectivity index (χ3v) is 7.15. The zero-order valence-electron chi connectivity index (χ0n) is 21.7. The number of Topliss-reactive ketones (excluding diaryl/α,β-unsaturated/α-hetero) is 4. The van der Waals surface area contributed by atoms with Crippen LogP contribution in [0.15, 0.2) is 121 Å². The summed E-state index contributed by atoms with van der Waals surface area (Å²) in [5.41, 5.74) is 1.36. The molecule has 4 nitrogen and oxygen atoms in total. The average Bonchev–Trinajstić information content (AvgIpc) is 3.56. The van der Waals surface area contributed by atoms with E-state index < -0.39 is 40.9 Å². The summed E-state index contributed by atoms with van der Waals surface area (Å²) in [5, 5.41) is 0. The Morgan fingerprint density at radius 1 is 0.375 bits per heavy atom. The molecule has 0 heterocycles. The molecule has 0 atom stereocenters. The molecule has 0 saturated heterocycles. The summed E-state index contributed by atoms with van der Waals surface area (Å²) in [7, 11) is 0. The fourth-order valence-electron chi connectivity index (χ4n) is 5.21. The van der Waals surface area contributed by atoms with Crippen LogP contribution in [0, 0.1) is 49.4 Å². The summed E-state index contributed by atoms with van der Waals surface area (Å²) in [6.07, 6.45) is 7.13. The Morgan fingerprint density at radius 3 is 0.875 bits per heavy atom. The Bertz CT molecular complexity index is 1250. The maximum atomic E-state index is 14.3. The first-order valence-electron chi connectivity index (χ1n) is 13.1. The van der Waals surface area contributed by atoms with Gasteiger partial charge in [0.2, 0.25) is 0 Å². The van der Waals surface area contributed by atoms with Crippen LogP contribution in [-0.2, 0) is 0 Å². The molecule has 5 rings (SSSR count). The van der Waals surface area contributed by atoms with Crippen molar-refractivity contribution in [2.45, 2.75) is 0 Å². The lowest BCUT2D eigenvalue weighted by Gasteiger charge is -2.35. The Labute approximate surface area is 235 Å². The first-order valence-corrected chi connectivity index (χ1v) is 13.1. The van der Waals surface area contributed by atoms with Crippen molar-refractivity contribution in [3.63, 3.8) is 0 Å². The second-order valence-electron chi connectivity index (χ2n) is 9.62. The SMILES string of the molecule is O=C(c1ccccc1)C(C(=O)c1ccccc1)C([C]1[CH][CH][CH][CH]1)C(C(=O)c1ccccc1)C(=O)c1ccccc1. The van der Waals surface area contributed by atoms with Gasteiger partial charge < -0.3 is 0 Å². The van der Waals surface area contributed by atoms with Gasteiger partial charge in [-0.15, -0.1) is 0 Å². The van der Waals surface area contributed by atoms with Crippen LogP contribution in [0.3, 0.4) is 0 Å². The highest BCUT2D eigenvalue weighted by Gasteiger charge is 2.50. The molecule has 1 aliphatic carbocycles. The fourth-order valence-corrected chi connectivity index (χ4v) is 5.21. The summed E-state index contributed by atoms with van der Waals surface area (Å²) in [6, 6.07) is 34.3. The van der Waals surface area contributed by atoms with E-state index in [9.17, 15) is 19.2 Å². The minimum absolute atomic E-state index is 0.339. The molecule has 5 radical (unpaired) electrons. The van der Waals surface area contributed by atoms with Crippen molar-refractivity contribution in [3.05, 3.63) is 175 Å². The van der Waals surface area contributed by atoms with E-state index in [2.05, 4.69) is 0 Å². The highest BCUT2D eigenvalue weighted by molar-refractivity contribution is 6.20. The average molecular weight is 524 g/mol. The van der Waals surface area contributed by atoms with E-state index in [0.717, 1.165) is 0 Å². The zero-order valence-corrected chi connectivity index (χ0v) is 21.7. The van der Waals surface area contributed by atoms with Crippen molar-refractivity contribution in [2.75, 3.05) is 0 Å². The van der Waals surface area contributed by atoms with Crippen molar-refractivity contribution in [3.8, 4) is 0 Å². The molecule has 0 amide bonds. The summed E-state index contributed by atoms with van der Waals surface area (Å²) < 4.78 is 0. The van der Waals surface area contributed by atoms with Gasteiger partial charge in [0.05, 0.1) is 11.8 Å². The first-order chi connectivity index (χ1) is 19.6. The smallest absolute Gasteiger partial charge is 0.174 e. The van der Waals surface area contributed by atoms with E-state index in [1.807, 2.05) is 0 Å². The normalized spacial score (nSPS) is 13.6. The fraction of sp³-hybridized carbons (Fsp3) is 0.0833. The quantitative estimate of drug-likeness (QED) is 0.161. The van der Waals surface area contributed by atoms with Gasteiger partial charge in [-0.2, -0.15) is 0 Å². The van der Waals surface area contributed by atoms with Crippen molar-refractivity contribution < 1.29 is 19.2 Å². The van der Waals surface area contributed by atoms with E-state index >= 15 is 0 Å². The lowest BCUT2D eigenvalue weighted by atomic mass is 9.64. The first kappa shape index (κ1) is 27.1. The van der Waals surface area contributed by atoms with Crippen LogP contribution in [0.2, 0.25) is 0 Å². The molecule has 4 aromatic rings. The third kappa shape index (κ3) is 5.76. The number of hydrogen-bond donors (Lipinski definition) is 0. The molecule has 1 fully saturated rings. The largest absolute Gasteiger partial charge is 0.293 e. The lowest BCUT2D eigenvalue weighted by molar-refractivity contribution is 0.0647. The molecule has 1 aliphatic rings. The summed E-state index contributed by atoms with van der Waals surface area (Å²) in [6.45, 7) is 0. The van der Waals surface area contributed by atoms with Crippen molar-refractivity contribution in [2.24, 2.45) is 17.8 Å². The topological polar surface area (TPSA) is 68.3 Å². The Hall–Kier alpha value is -4.44. The van der Waals surface area contributed by atoms with E-state index in [1.54, 1.807) is 147 Å². The van der Waals surface area contributed by atoms with Gasteiger partial charge in [-0.3, -0.25) is 19.2 Å². The monoisotopic (exact) mass is 523 g/mol. The number of ketones is 4. The van der Waals surface area contributed by atoms with Gasteiger partial charge in [0.25, 0.3) is 0 Å². The minimum atomic E-state index is -1.32. The van der Waals surface area contributed by atoms with Crippen molar-refractivity contribution >= 4 is 23.1 Å². The summed E-state index contributed by atoms with van der Waals surface area (Å²) >= 11 is 0. The van der Waals surface area contributed by atoms with Crippen molar-refractivity contribution in [1.29, 1.82) is 0 Å². The van der Waals surface area contributed by atoms with Crippen LogP contribution in [0.4, 0.5) is 0 Å². The zero-order chi connectivity index (χ0) is 27.9. The number of hydrogen-bond acceptors (Lipinski definition) is 4. The van der Waals surface area contributed by atoms with E-state index in [-0.39, 0.29) is 0 Å². The molecule has 40 heavy (non-hydrogen) atoms. The molecule has 0 bridgehead atoms. The van der Waals surface area contributed by atoms with Gasteiger partial charge in [0.15, 0.2) is 23.1 Å². The third-order valence-electron chi connectivity index (χ3n) is 7.15. The summed E-state index contributed by atoms with van der Waals surface area (Å²) in [4.78, 5) is 57.1. The number of carbonyl (C=O) groups excluding carboxylic acids is 4. The lowest BCUT2D eigenvalue weighted by Crippen LogP contribution is -2.45. The van der Waals surface area contributed by atoms with Crippen LogP contribution in [0.25, 0.3) is 0 Å². The van der Waals surface area contributed by atoms with Gasteiger partial charge in [-0.1, -0.05) is 121 Å². The summed E-state index contributed by atoms with van der Waals surface area (Å²) in [5.74, 6) is -4.86. The molecule has 0 N–H and O–H groups in total. The van der Waals surface area contributed by atoms with Gasteiger partial charge in [-0.05, 0) is 31.6 Å². The predicted molar refractivity (Wildman–Crippen MR) is 154 cm³/mol. The maximum Gasteiger partial charge on any atom is 0.174 e. The highest BCUT2D eigenvalue weighted by Crippen LogP contribution is 2.44. The van der Waals surface area contributed by atoms with Crippen LogP contribution < -0.4 is 0 Å². The minimum Gasteiger partial charge on any atom is -0.293 e. The van der Waals surface area contributed by atoms with Crippen LogP contribution in [0.1, 0.15) is 41.4 Å². The van der Waals surface area contributed by atoms with E-state index in [0.29, 0.717) is 28.2 Å². The molecular formula is C36H27O4.